The molecule has 0 aromatic rings. The lowest BCUT2D eigenvalue weighted by atomic mass is 10.1. The van der Waals surface area contributed by atoms with Gasteiger partial charge in [-0.15, -0.1) is 0 Å². The predicted molar refractivity (Wildman–Crippen MR) is 72.0 cm³/mol. The summed E-state index contributed by atoms with van der Waals surface area (Å²) in [6, 6.07) is 0.592. The van der Waals surface area contributed by atoms with Gasteiger partial charge in [-0.1, -0.05) is 0 Å². The summed E-state index contributed by atoms with van der Waals surface area (Å²) in [7, 11) is 1.79. The first-order valence-electron chi connectivity index (χ1n) is 6.23. The number of rotatable bonds is 8. The molecule has 0 saturated carbocycles. The lowest BCUT2D eigenvalue weighted by Crippen LogP contribution is -2.39. The largest absolute Gasteiger partial charge is 0.384 e. The van der Waals surface area contributed by atoms with Gasteiger partial charge >= 0.3 is 0 Å². The molecular formula is C12H26N2OS. The van der Waals surface area contributed by atoms with Crippen molar-refractivity contribution in [1.82, 2.24) is 4.90 Å². The van der Waals surface area contributed by atoms with Gasteiger partial charge in [0.2, 0.25) is 0 Å². The third-order valence-corrected chi connectivity index (χ3v) is 4.09. The van der Waals surface area contributed by atoms with Crippen molar-refractivity contribution in [3.05, 3.63) is 0 Å². The quantitative estimate of drug-likeness (QED) is 0.658. The monoisotopic (exact) mass is 246 g/mol. The van der Waals surface area contributed by atoms with Crippen LogP contribution in [0, 0.1) is 5.92 Å². The molecule has 0 aromatic carbocycles. The Labute approximate surface area is 104 Å². The highest BCUT2D eigenvalue weighted by molar-refractivity contribution is 7.98. The standard InChI is InChI=1S/C12H26N2OS/c1-15-10-11-5-6-14(9-11)12(8-13)4-3-7-16-2/h11-12H,3-10,13H2,1-2H3. The summed E-state index contributed by atoms with van der Waals surface area (Å²) in [5.74, 6) is 1.98. The lowest BCUT2D eigenvalue weighted by Gasteiger charge is -2.26. The fourth-order valence-corrected chi connectivity index (χ4v) is 2.93. The van der Waals surface area contributed by atoms with E-state index in [2.05, 4.69) is 11.2 Å². The van der Waals surface area contributed by atoms with Crippen molar-refractivity contribution in [2.45, 2.75) is 25.3 Å². The summed E-state index contributed by atoms with van der Waals surface area (Å²) >= 11 is 1.93. The molecule has 16 heavy (non-hydrogen) atoms. The minimum Gasteiger partial charge on any atom is -0.384 e. The van der Waals surface area contributed by atoms with Crippen LogP contribution in [-0.4, -0.2) is 56.3 Å². The maximum atomic E-state index is 5.87. The van der Waals surface area contributed by atoms with E-state index in [0.29, 0.717) is 6.04 Å². The molecule has 4 heteroatoms. The molecule has 2 unspecified atom stereocenters. The molecule has 2 N–H and O–H groups in total. The molecule has 0 bridgehead atoms. The van der Waals surface area contributed by atoms with E-state index in [9.17, 15) is 0 Å². The number of thioether (sulfide) groups is 1. The zero-order chi connectivity index (χ0) is 11.8. The van der Waals surface area contributed by atoms with Crippen LogP contribution in [0.25, 0.3) is 0 Å². The molecule has 1 heterocycles. The Kier molecular flexibility index (Phi) is 7.45. The fraction of sp³-hybridized carbons (Fsp3) is 1.00. The van der Waals surface area contributed by atoms with Crippen LogP contribution < -0.4 is 5.73 Å². The van der Waals surface area contributed by atoms with Gasteiger partial charge in [-0.2, -0.15) is 11.8 Å². The van der Waals surface area contributed by atoms with Crippen molar-refractivity contribution in [2.24, 2.45) is 11.7 Å². The van der Waals surface area contributed by atoms with Crippen molar-refractivity contribution in [3.63, 3.8) is 0 Å². The Balaban J connectivity index is 2.25. The van der Waals surface area contributed by atoms with E-state index in [4.69, 9.17) is 10.5 Å². The van der Waals surface area contributed by atoms with Crippen LogP contribution in [0.4, 0.5) is 0 Å². The molecule has 1 aliphatic heterocycles. The van der Waals surface area contributed by atoms with Gasteiger partial charge in [0.05, 0.1) is 6.61 Å². The van der Waals surface area contributed by atoms with Crippen LogP contribution >= 0.6 is 11.8 Å². The molecule has 1 saturated heterocycles. The minimum absolute atomic E-state index is 0.592. The van der Waals surface area contributed by atoms with Crippen LogP contribution in [-0.2, 0) is 4.74 Å². The molecule has 2 atom stereocenters. The summed E-state index contributed by atoms with van der Waals surface area (Å²) in [4.78, 5) is 2.56. The van der Waals surface area contributed by atoms with Crippen LogP contribution in [0.3, 0.4) is 0 Å². The summed E-state index contributed by atoms with van der Waals surface area (Å²) in [5, 5.41) is 0. The van der Waals surface area contributed by atoms with Crippen molar-refractivity contribution in [3.8, 4) is 0 Å². The van der Waals surface area contributed by atoms with E-state index in [1.54, 1.807) is 7.11 Å². The number of ether oxygens (including phenoxy) is 1. The summed E-state index contributed by atoms with van der Waals surface area (Å²) in [6.07, 6.45) is 5.97. The van der Waals surface area contributed by atoms with Gasteiger partial charge in [0.25, 0.3) is 0 Å². The van der Waals surface area contributed by atoms with Crippen LogP contribution in [0.5, 0.6) is 0 Å². The van der Waals surface area contributed by atoms with Gasteiger partial charge in [-0.3, -0.25) is 4.90 Å². The normalized spacial score (nSPS) is 23.8. The topological polar surface area (TPSA) is 38.5 Å². The molecule has 0 aromatic heterocycles. The Morgan fingerprint density at radius 3 is 3.00 bits per heavy atom. The number of nitrogens with two attached hydrogens (primary N) is 1. The number of hydrogen-bond donors (Lipinski definition) is 1. The first kappa shape index (κ1) is 14.3. The van der Waals surface area contributed by atoms with Gasteiger partial charge in [0.1, 0.15) is 0 Å². The third-order valence-electron chi connectivity index (χ3n) is 3.39. The van der Waals surface area contributed by atoms with E-state index >= 15 is 0 Å². The third kappa shape index (κ3) is 4.62. The number of nitrogens with zero attached hydrogens (tertiary/aromatic N) is 1. The first-order chi connectivity index (χ1) is 7.81. The molecule has 0 aliphatic carbocycles. The Bertz CT molecular complexity index is 180. The number of likely N-dealkylation sites (tertiary alicyclic amines) is 1. The molecule has 1 aliphatic rings. The van der Waals surface area contributed by atoms with Gasteiger partial charge in [-0.05, 0) is 43.7 Å². The maximum Gasteiger partial charge on any atom is 0.0503 e. The van der Waals surface area contributed by atoms with Crippen LogP contribution in [0.1, 0.15) is 19.3 Å². The average molecular weight is 246 g/mol. The van der Waals surface area contributed by atoms with E-state index in [0.717, 1.165) is 19.1 Å². The fourth-order valence-electron chi connectivity index (χ4n) is 2.48. The zero-order valence-electron chi connectivity index (χ0n) is 10.7. The molecular weight excluding hydrogens is 220 g/mol. The number of hydrogen-bond acceptors (Lipinski definition) is 4. The van der Waals surface area contributed by atoms with Crippen molar-refractivity contribution in [1.29, 1.82) is 0 Å². The van der Waals surface area contributed by atoms with Gasteiger partial charge in [0.15, 0.2) is 0 Å². The molecule has 0 radical (unpaired) electrons. The molecule has 0 amide bonds. The summed E-state index contributed by atoms with van der Waals surface area (Å²) in [5.41, 5.74) is 5.87. The minimum atomic E-state index is 0.592. The molecule has 3 nitrogen and oxygen atoms in total. The Morgan fingerprint density at radius 1 is 1.56 bits per heavy atom. The first-order valence-corrected chi connectivity index (χ1v) is 7.63. The zero-order valence-corrected chi connectivity index (χ0v) is 11.5. The van der Waals surface area contributed by atoms with Crippen LogP contribution in [0.2, 0.25) is 0 Å². The predicted octanol–water partition coefficient (Wildman–Crippen LogP) is 1.43. The molecule has 1 rings (SSSR count). The maximum absolute atomic E-state index is 5.87. The smallest absolute Gasteiger partial charge is 0.0503 e. The van der Waals surface area contributed by atoms with Crippen molar-refractivity contribution < 1.29 is 4.74 Å². The summed E-state index contributed by atoms with van der Waals surface area (Å²) < 4.78 is 5.22. The molecule has 1 fully saturated rings. The van der Waals surface area contributed by atoms with Crippen molar-refractivity contribution in [2.75, 3.05) is 45.4 Å². The molecule has 0 spiro atoms. The van der Waals surface area contributed by atoms with Gasteiger partial charge < -0.3 is 10.5 Å². The highest BCUT2D eigenvalue weighted by Crippen LogP contribution is 2.20. The van der Waals surface area contributed by atoms with E-state index in [1.807, 2.05) is 11.8 Å². The highest BCUT2D eigenvalue weighted by Gasteiger charge is 2.26. The lowest BCUT2D eigenvalue weighted by molar-refractivity contribution is 0.146. The second kappa shape index (κ2) is 8.34. The number of methoxy groups -OCH3 is 1. The average Bonchev–Trinajstić information content (AvgIpc) is 2.74. The van der Waals surface area contributed by atoms with Crippen molar-refractivity contribution >= 4 is 11.8 Å². The SMILES string of the molecule is COCC1CCN(C(CN)CCCSC)C1. The van der Waals surface area contributed by atoms with E-state index < -0.39 is 0 Å². The van der Waals surface area contributed by atoms with E-state index in [1.165, 1.54) is 38.1 Å². The van der Waals surface area contributed by atoms with Crippen LogP contribution in [0.15, 0.2) is 0 Å². The second-order valence-corrected chi connectivity index (χ2v) is 5.62. The second-order valence-electron chi connectivity index (χ2n) is 4.63. The van der Waals surface area contributed by atoms with Gasteiger partial charge in [0, 0.05) is 26.2 Å². The highest BCUT2D eigenvalue weighted by atomic mass is 32.2. The molecule has 96 valence electrons. The van der Waals surface area contributed by atoms with E-state index in [-0.39, 0.29) is 0 Å². The van der Waals surface area contributed by atoms with Gasteiger partial charge in [-0.25, -0.2) is 0 Å². The Hall–Kier alpha value is 0.230. The Morgan fingerprint density at radius 2 is 2.38 bits per heavy atom. The summed E-state index contributed by atoms with van der Waals surface area (Å²) in [6.45, 7) is 4.08.